The van der Waals surface area contributed by atoms with Crippen LogP contribution in [0.4, 0.5) is 0 Å². The molecule has 0 aromatic rings. The molecule has 0 aliphatic heterocycles. The molecule has 0 fully saturated rings. The molecule has 0 aromatic heterocycles. The van der Waals surface area contributed by atoms with Crippen LogP contribution in [0.1, 0.15) is 45.4 Å². The van der Waals surface area contributed by atoms with E-state index in [4.69, 9.17) is 10.2 Å². The molecule has 0 bridgehead atoms. The van der Waals surface area contributed by atoms with Crippen molar-refractivity contribution < 1.29 is 19.8 Å². The van der Waals surface area contributed by atoms with Crippen LogP contribution < -0.4 is 0 Å². The number of hydrogen-bond donors (Lipinski definition) is 2. The van der Waals surface area contributed by atoms with E-state index in [1.165, 1.54) is 6.08 Å². The summed E-state index contributed by atoms with van der Waals surface area (Å²) >= 11 is 0. The van der Waals surface area contributed by atoms with E-state index in [2.05, 4.69) is 13.5 Å². The predicted octanol–water partition coefficient (Wildman–Crippen LogP) is 3.24. The molecule has 0 aliphatic rings. The Morgan fingerprint density at radius 3 is 2.17 bits per heavy atom. The number of hydrogen-bond acceptors (Lipinski definition) is 2. The average molecular weight is 254 g/mol. The minimum atomic E-state index is -1.77. The lowest BCUT2D eigenvalue weighted by Gasteiger charge is -2.21. The van der Waals surface area contributed by atoms with E-state index < -0.39 is 17.4 Å². The Morgan fingerprint density at radius 2 is 1.72 bits per heavy atom. The zero-order chi connectivity index (χ0) is 14.0. The van der Waals surface area contributed by atoms with Gasteiger partial charge >= 0.3 is 11.9 Å². The van der Waals surface area contributed by atoms with Gasteiger partial charge in [-0.2, -0.15) is 0 Å². The summed E-state index contributed by atoms with van der Waals surface area (Å²) in [5, 5.41) is 18.2. The van der Waals surface area contributed by atoms with Gasteiger partial charge in [0.1, 0.15) is 0 Å². The average Bonchev–Trinajstić information content (AvgIpc) is 2.31. The molecule has 0 heterocycles. The van der Waals surface area contributed by atoms with Gasteiger partial charge in [0.2, 0.25) is 0 Å². The molecule has 0 spiro atoms. The molecule has 0 unspecified atom stereocenters. The summed E-state index contributed by atoms with van der Waals surface area (Å²) in [4.78, 5) is 22.3. The molecule has 0 amide bonds. The fourth-order valence-electron chi connectivity index (χ4n) is 1.69. The lowest BCUT2D eigenvalue weighted by Crippen LogP contribution is -2.38. The molecule has 0 rings (SSSR count). The molecule has 0 saturated heterocycles. The van der Waals surface area contributed by atoms with Crippen molar-refractivity contribution in [3.8, 4) is 0 Å². The summed E-state index contributed by atoms with van der Waals surface area (Å²) in [5.74, 6) is -2.62. The molecule has 0 radical (unpaired) electrons. The highest BCUT2D eigenvalue weighted by Crippen LogP contribution is 2.29. The monoisotopic (exact) mass is 254 g/mol. The zero-order valence-corrected chi connectivity index (χ0v) is 10.9. The number of carboxylic acid groups (broad SMARTS) is 2. The van der Waals surface area contributed by atoms with E-state index in [0.29, 0.717) is 0 Å². The van der Waals surface area contributed by atoms with Crippen molar-refractivity contribution in [3.63, 3.8) is 0 Å². The van der Waals surface area contributed by atoms with Crippen molar-refractivity contribution in [2.45, 2.75) is 45.4 Å². The van der Waals surface area contributed by atoms with Gasteiger partial charge in [-0.1, -0.05) is 38.0 Å². The summed E-state index contributed by atoms with van der Waals surface area (Å²) in [6, 6.07) is 0. The van der Waals surface area contributed by atoms with Gasteiger partial charge in [0.15, 0.2) is 5.41 Å². The van der Waals surface area contributed by atoms with E-state index >= 15 is 0 Å². The molecule has 0 saturated carbocycles. The van der Waals surface area contributed by atoms with Gasteiger partial charge in [-0.15, -0.1) is 6.58 Å². The van der Waals surface area contributed by atoms with Gasteiger partial charge < -0.3 is 10.2 Å². The first kappa shape index (κ1) is 16.4. The van der Waals surface area contributed by atoms with Crippen molar-refractivity contribution in [3.05, 3.63) is 24.8 Å². The van der Waals surface area contributed by atoms with E-state index in [9.17, 15) is 9.59 Å². The first-order chi connectivity index (χ1) is 8.51. The van der Waals surface area contributed by atoms with Gasteiger partial charge in [-0.05, 0) is 25.7 Å². The first-order valence-corrected chi connectivity index (χ1v) is 6.24. The van der Waals surface area contributed by atoms with E-state index in [1.807, 2.05) is 6.08 Å². The van der Waals surface area contributed by atoms with Crippen molar-refractivity contribution >= 4 is 11.9 Å². The third-order valence-corrected chi connectivity index (χ3v) is 2.92. The quantitative estimate of drug-likeness (QED) is 0.356. The minimum absolute atomic E-state index is 0.00416. The largest absolute Gasteiger partial charge is 0.480 e. The smallest absolute Gasteiger partial charge is 0.321 e. The molecule has 0 aromatic carbocycles. The van der Waals surface area contributed by atoms with Crippen LogP contribution in [0.2, 0.25) is 0 Å². The molecule has 0 atom stereocenters. The normalized spacial score (nSPS) is 11.6. The molecule has 102 valence electrons. The maximum absolute atomic E-state index is 11.2. The maximum Gasteiger partial charge on any atom is 0.321 e. The topological polar surface area (TPSA) is 74.6 Å². The first-order valence-electron chi connectivity index (χ1n) is 6.24. The highest BCUT2D eigenvalue weighted by atomic mass is 16.4. The number of carboxylic acids is 2. The fraction of sp³-hybridized carbons (Fsp3) is 0.571. The Morgan fingerprint density at radius 1 is 1.11 bits per heavy atom. The third-order valence-electron chi connectivity index (χ3n) is 2.92. The Labute approximate surface area is 108 Å². The molecule has 18 heavy (non-hydrogen) atoms. The van der Waals surface area contributed by atoms with Crippen LogP contribution in [0.15, 0.2) is 24.8 Å². The zero-order valence-electron chi connectivity index (χ0n) is 10.9. The summed E-state index contributed by atoms with van der Waals surface area (Å²) in [5.41, 5.74) is -1.77. The second-order valence-electron chi connectivity index (χ2n) is 4.36. The standard InChI is InChI=1S/C14H22O4/c1-3-5-6-7-8-9-11-14(10-4-2,12(15)16)13(17)18/h4,8-9H,2-3,5-7,10-11H2,1H3,(H,15,16)(H,17,18)/b9-8+. The number of carbonyl (C=O) groups is 2. The molecule has 0 aliphatic carbocycles. The van der Waals surface area contributed by atoms with Crippen LogP contribution in [0.5, 0.6) is 0 Å². The van der Waals surface area contributed by atoms with E-state index in [-0.39, 0.29) is 12.8 Å². The summed E-state index contributed by atoms with van der Waals surface area (Å²) in [6.07, 6.45) is 8.93. The van der Waals surface area contributed by atoms with Gasteiger partial charge in [-0.25, -0.2) is 0 Å². The number of rotatable bonds is 10. The van der Waals surface area contributed by atoms with Crippen LogP contribution >= 0.6 is 0 Å². The van der Waals surface area contributed by atoms with Crippen LogP contribution in [0, 0.1) is 5.41 Å². The highest BCUT2D eigenvalue weighted by molar-refractivity contribution is 5.98. The van der Waals surface area contributed by atoms with Crippen molar-refractivity contribution in [2.75, 3.05) is 0 Å². The second-order valence-corrected chi connectivity index (χ2v) is 4.36. The van der Waals surface area contributed by atoms with Crippen LogP contribution in [0.25, 0.3) is 0 Å². The van der Waals surface area contributed by atoms with Crippen molar-refractivity contribution in [1.29, 1.82) is 0 Å². The number of unbranched alkanes of at least 4 members (excludes halogenated alkanes) is 3. The van der Waals surface area contributed by atoms with Crippen molar-refractivity contribution in [1.82, 2.24) is 0 Å². The van der Waals surface area contributed by atoms with Crippen LogP contribution in [-0.4, -0.2) is 22.2 Å². The third kappa shape index (κ3) is 4.73. The number of allylic oxidation sites excluding steroid dienone is 3. The molecule has 4 heteroatoms. The SMILES string of the molecule is C=CCC(C/C=C/CCCCC)(C(=O)O)C(=O)O. The van der Waals surface area contributed by atoms with Gasteiger partial charge in [0.05, 0.1) is 0 Å². The van der Waals surface area contributed by atoms with E-state index in [0.717, 1.165) is 25.7 Å². The highest BCUT2D eigenvalue weighted by Gasteiger charge is 2.44. The van der Waals surface area contributed by atoms with Crippen LogP contribution in [0.3, 0.4) is 0 Å². The Hall–Kier alpha value is -1.58. The van der Waals surface area contributed by atoms with Gasteiger partial charge in [-0.3, -0.25) is 9.59 Å². The van der Waals surface area contributed by atoms with Gasteiger partial charge in [0, 0.05) is 0 Å². The summed E-state index contributed by atoms with van der Waals surface area (Å²) in [6.45, 7) is 5.53. The Bertz CT molecular complexity index is 304. The van der Waals surface area contributed by atoms with Crippen LogP contribution in [-0.2, 0) is 9.59 Å². The van der Waals surface area contributed by atoms with E-state index in [1.54, 1.807) is 6.08 Å². The lowest BCUT2D eigenvalue weighted by molar-refractivity contribution is -0.164. The molecule has 2 N–H and O–H groups in total. The Kier molecular flexibility index (Phi) is 7.76. The molecular formula is C14H22O4. The Balaban J connectivity index is 4.55. The summed E-state index contributed by atoms with van der Waals surface area (Å²) < 4.78 is 0. The second kappa shape index (κ2) is 8.50. The predicted molar refractivity (Wildman–Crippen MR) is 70.4 cm³/mol. The minimum Gasteiger partial charge on any atom is -0.480 e. The van der Waals surface area contributed by atoms with Crippen molar-refractivity contribution in [2.24, 2.45) is 5.41 Å². The lowest BCUT2D eigenvalue weighted by atomic mass is 9.81. The molecular weight excluding hydrogens is 232 g/mol. The number of aliphatic carboxylic acids is 2. The fourth-order valence-corrected chi connectivity index (χ4v) is 1.69. The van der Waals surface area contributed by atoms with Gasteiger partial charge in [0.25, 0.3) is 0 Å². The summed E-state index contributed by atoms with van der Waals surface area (Å²) in [7, 11) is 0. The molecule has 4 nitrogen and oxygen atoms in total. The maximum atomic E-state index is 11.2.